The fourth-order valence-corrected chi connectivity index (χ4v) is 13.4. The van der Waals surface area contributed by atoms with Crippen LogP contribution in [0.5, 0.6) is 0 Å². The van der Waals surface area contributed by atoms with Gasteiger partial charge in [0.15, 0.2) is 0 Å². The lowest BCUT2D eigenvalue weighted by atomic mass is 9.76. The first-order valence-corrected chi connectivity index (χ1v) is 26.6. The van der Waals surface area contributed by atoms with Gasteiger partial charge in [0.05, 0.1) is 50.1 Å². The first-order valence-electron chi connectivity index (χ1n) is 26.6. The van der Waals surface area contributed by atoms with E-state index in [1.165, 1.54) is 79.7 Å². The molecular formula is C58H70N8O6. The van der Waals surface area contributed by atoms with Crippen molar-refractivity contribution < 1.29 is 28.7 Å². The number of nitrogens with zero attached hydrogens (tertiary/aromatic N) is 4. The van der Waals surface area contributed by atoms with Crippen molar-refractivity contribution >= 4 is 24.0 Å². The highest BCUT2D eigenvalue weighted by Gasteiger charge is 2.64. The molecular weight excluding hydrogens is 905 g/mol. The molecule has 2 saturated heterocycles. The Bertz CT molecular complexity index is 2880. The number of fused-ring (bicyclic) bond motifs is 4. The molecule has 10 atom stereocenters. The number of methoxy groups -OCH3 is 2. The highest BCUT2D eigenvalue weighted by Crippen LogP contribution is 2.63. The van der Waals surface area contributed by atoms with E-state index in [0.29, 0.717) is 5.92 Å². The van der Waals surface area contributed by atoms with Crippen molar-refractivity contribution in [2.45, 2.75) is 153 Å². The number of aromatic nitrogens is 4. The third-order valence-electron chi connectivity index (χ3n) is 18.2. The standard InChI is InChI=1S/C58H70N8O6/c1-8-32(3)49(63-55(69)71-6)53(67)65-44-26-38(44)27-45(65)51-59-30-42(61-51)37-18-14-35(15-19-37)40-21-20-39(41-22-25-58(48(40)41)23-10-11-24-58)34-12-16-36(17-13-34)43-31-60-52(62-43)46-28-57(5)29-47(57)66(46)54(68)50(33(4)9-2)64-56(70)72-7/h12-21,30-33,38,44-47,49-50H,8-11,22-29H2,1-7H3,(H,59,61)(H,60,62)(H,63,69)(H,64,70). The maximum atomic E-state index is 14.3. The number of H-pyrrole nitrogens is 2. The average Bonchev–Trinajstić information content (AvgIpc) is 3.89. The van der Waals surface area contributed by atoms with Crippen molar-refractivity contribution in [3.8, 4) is 44.8 Å². The second kappa shape index (κ2) is 18.6. The lowest BCUT2D eigenvalue weighted by molar-refractivity contribution is -0.137. The van der Waals surface area contributed by atoms with Gasteiger partial charge in [-0.3, -0.25) is 9.59 Å². The Morgan fingerprint density at radius 1 is 0.681 bits per heavy atom. The van der Waals surface area contributed by atoms with E-state index < -0.39 is 24.3 Å². The molecule has 2 aromatic heterocycles. The summed E-state index contributed by atoms with van der Waals surface area (Å²) in [7, 11) is 2.66. The molecule has 6 aliphatic rings. The molecule has 378 valence electrons. The summed E-state index contributed by atoms with van der Waals surface area (Å²) < 4.78 is 9.81. The molecule has 4 N–H and O–H groups in total. The smallest absolute Gasteiger partial charge is 0.407 e. The summed E-state index contributed by atoms with van der Waals surface area (Å²) in [6, 6.07) is 21.0. The number of benzene rings is 3. The highest BCUT2D eigenvalue weighted by molar-refractivity contribution is 5.88. The van der Waals surface area contributed by atoms with Crippen molar-refractivity contribution in [3.63, 3.8) is 0 Å². The molecule has 4 heterocycles. The number of hydrogen-bond donors (Lipinski definition) is 4. The molecule has 4 amide bonds. The molecule has 72 heavy (non-hydrogen) atoms. The van der Waals surface area contributed by atoms with Gasteiger partial charge < -0.3 is 39.9 Å². The highest BCUT2D eigenvalue weighted by atomic mass is 16.5. The molecule has 3 saturated carbocycles. The number of imidazole rings is 2. The monoisotopic (exact) mass is 975 g/mol. The number of likely N-dealkylation sites (tertiary alicyclic amines) is 2. The van der Waals surface area contributed by atoms with Gasteiger partial charge in [0.1, 0.15) is 23.7 Å². The van der Waals surface area contributed by atoms with Gasteiger partial charge in [-0.25, -0.2) is 19.6 Å². The number of hydrogen-bond acceptors (Lipinski definition) is 8. The Hall–Kier alpha value is -6.44. The van der Waals surface area contributed by atoms with Crippen LogP contribution in [0.25, 0.3) is 44.8 Å². The summed E-state index contributed by atoms with van der Waals surface area (Å²) in [6.07, 6.45) is 14.9. The molecule has 4 aliphatic carbocycles. The van der Waals surface area contributed by atoms with E-state index in [9.17, 15) is 19.2 Å². The molecule has 5 fully saturated rings. The zero-order valence-electron chi connectivity index (χ0n) is 42.8. The molecule has 14 nitrogen and oxygen atoms in total. The van der Waals surface area contributed by atoms with Gasteiger partial charge in [0.2, 0.25) is 11.8 Å². The van der Waals surface area contributed by atoms with Gasteiger partial charge in [0, 0.05) is 12.1 Å². The van der Waals surface area contributed by atoms with E-state index in [2.05, 4.69) is 88.2 Å². The van der Waals surface area contributed by atoms with E-state index in [4.69, 9.17) is 19.4 Å². The van der Waals surface area contributed by atoms with Crippen molar-refractivity contribution in [1.29, 1.82) is 0 Å². The quantitative estimate of drug-likeness (QED) is 0.0850. The van der Waals surface area contributed by atoms with Gasteiger partial charge in [-0.1, -0.05) is 121 Å². The third kappa shape index (κ3) is 8.26. The normalized spacial score (nSPS) is 25.8. The Morgan fingerprint density at radius 3 is 1.75 bits per heavy atom. The van der Waals surface area contributed by atoms with Gasteiger partial charge in [-0.15, -0.1) is 0 Å². The number of rotatable bonds is 14. The molecule has 1 spiro atoms. The summed E-state index contributed by atoms with van der Waals surface area (Å²) in [5.74, 6) is 1.77. The van der Waals surface area contributed by atoms with Crippen LogP contribution in [0.15, 0.2) is 73.1 Å². The van der Waals surface area contributed by atoms with Crippen LogP contribution in [-0.4, -0.2) is 92.1 Å². The van der Waals surface area contributed by atoms with Crippen molar-refractivity contribution in [2.75, 3.05) is 14.2 Å². The second-order valence-electron chi connectivity index (χ2n) is 22.4. The SMILES string of the molecule is CCC(C)C(NC(=O)OC)C(=O)N1C(c2ncc(-c3ccc(-c4ccc(-c5ccc(-c6cnc(C7CC8(C)CC8N7C(=O)C(NC(=O)OC)C(C)CC)[nH]6)cc5)c5c4C4(CCCC4)CC5)cc3)[nH]2)CC2CC21. The Kier molecular flexibility index (Phi) is 12.3. The van der Waals surface area contributed by atoms with E-state index in [1.807, 2.05) is 49.9 Å². The molecule has 11 rings (SSSR count). The number of aromatic amines is 2. The number of amides is 4. The van der Waals surface area contributed by atoms with Crippen LogP contribution < -0.4 is 10.6 Å². The lowest BCUT2D eigenvalue weighted by Gasteiger charge is -2.32. The first-order chi connectivity index (χ1) is 34.8. The number of piperidine rings is 2. The Morgan fingerprint density at radius 2 is 1.19 bits per heavy atom. The molecule has 14 heteroatoms. The summed E-state index contributed by atoms with van der Waals surface area (Å²) >= 11 is 0. The van der Waals surface area contributed by atoms with Crippen LogP contribution in [0.4, 0.5) is 9.59 Å². The van der Waals surface area contributed by atoms with E-state index in [0.717, 1.165) is 79.1 Å². The summed E-state index contributed by atoms with van der Waals surface area (Å²) in [6.45, 7) is 10.3. The van der Waals surface area contributed by atoms with Gasteiger partial charge in [-0.05, 0) is 124 Å². The van der Waals surface area contributed by atoms with Crippen molar-refractivity contribution in [1.82, 2.24) is 40.4 Å². The minimum absolute atomic E-state index is 0.0382. The van der Waals surface area contributed by atoms with Crippen LogP contribution in [-0.2, 0) is 30.9 Å². The number of carbonyl (C=O) groups is 4. The summed E-state index contributed by atoms with van der Waals surface area (Å²) in [5.41, 5.74) is 12.2. The van der Waals surface area contributed by atoms with Crippen molar-refractivity contribution in [3.05, 3.63) is 95.8 Å². The fraction of sp³-hybridized carbons (Fsp3) is 0.517. The van der Waals surface area contributed by atoms with Crippen LogP contribution in [0.3, 0.4) is 0 Å². The maximum Gasteiger partial charge on any atom is 0.407 e. The lowest BCUT2D eigenvalue weighted by Crippen LogP contribution is -2.52. The topological polar surface area (TPSA) is 175 Å². The Labute approximate surface area is 422 Å². The number of alkyl carbamates (subject to hydrolysis) is 2. The minimum Gasteiger partial charge on any atom is -0.453 e. The zero-order chi connectivity index (χ0) is 50.2. The number of nitrogens with one attached hydrogen (secondary N) is 4. The molecule has 0 radical (unpaired) electrons. The van der Waals surface area contributed by atoms with Crippen LogP contribution in [0.1, 0.15) is 140 Å². The predicted molar refractivity (Wildman–Crippen MR) is 275 cm³/mol. The molecule has 10 unspecified atom stereocenters. The largest absolute Gasteiger partial charge is 0.453 e. The molecule has 2 aliphatic heterocycles. The van der Waals surface area contributed by atoms with Crippen LogP contribution in [0.2, 0.25) is 0 Å². The van der Waals surface area contributed by atoms with E-state index in [-0.39, 0.29) is 58.6 Å². The number of ether oxygens (including phenoxy) is 2. The van der Waals surface area contributed by atoms with Gasteiger partial charge in [-0.2, -0.15) is 0 Å². The molecule has 5 aromatic rings. The summed E-state index contributed by atoms with van der Waals surface area (Å²) in [4.78, 5) is 74.0. The zero-order valence-corrected chi connectivity index (χ0v) is 42.8. The molecule has 0 bridgehead atoms. The maximum absolute atomic E-state index is 14.3. The fourth-order valence-electron chi connectivity index (χ4n) is 13.4. The van der Waals surface area contributed by atoms with Crippen LogP contribution >= 0.6 is 0 Å². The van der Waals surface area contributed by atoms with Crippen molar-refractivity contribution in [2.24, 2.45) is 23.2 Å². The van der Waals surface area contributed by atoms with Gasteiger partial charge >= 0.3 is 12.2 Å². The summed E-state index contributed by atoms with van der Waals surface area (Å²) in [5, 5.41) is 5.66. The molecule has 3 aromatic carbocycles. The van der Waals surface area contributed by atoms with Crippen LogP contribution in [0, 0.1) is 23.2 Å². The predicted octanol–water partition coefficient (Wildman–Crippen LogP) is 10.8. The minimum atomic E-state index is -0.675. The first kappa shape index (κ1) is 47.9. The average molecular weight is 975 g/mol. The number of carbonyl (C=O) groups excluding carboxylic acids is 4. The Balaban J connectivity index is 0.826. The third-order valence-corrected chi connectivity index (χ3v) is 18.2. The van der Waals surface area contributed by atoms with E-state index >= 15 is 0 Å². The van der Waals surface area contributed by atoms with Gasteiger partial charge in [0.25, 0.3) is 0 Å². The van der Waals surface area contributed by atoms with E-state index in [1.54, 1.807) is 0 Å². The second-order valence-corrected chi connectivity index (χ2v) is 22.4.